The molecule has 0 saturated carbocycles. The average molecular weight is 376 g/mol. The maximum Gasteiger partial charge on any atom is 0.306 e. The Morgan fingerprint density at radius 1 is 1.18 bits per heavy atom. The molecule has 8 heteroatoms. The van der Waals surface area contributed by atoms with Gasteiger partial charge in [-0.25, -0.2) is 0 Å². The van der Waals surface area contributed by atoms with Crippen molar-refractivity contribution in [1.82, 2.24) is 19.4 Å². The van der Waals surface area contributed by atoms with Crippen LogP contribution in [0.25, 0.3) is 16.7 Å². The second kappa shape index (κ2) is 7.07. The van der Waals surface area contributed by atoms with Crippen molar-refractivity contribution in [3.8, 4) is 5.88 Å². The monoisotopic (exact) mass is 376 g/mol. The van der Waals surface area contributed by atoms with E-state index in [1.54, 1.807) is 55.0 Å². The van der Waals surface area contributed by atoms with Crippen molar-refractivity contribution in [2.75, 3.05) is 7.11 Å². The fourth-order valence-electron chi connectivity index (χ4n) is 3.23. The van der Waals surface area contributed by atoms with Gasteiger partial charge in [0, 0.05) is 24.5 Å². The van der Waals surface area contributed by atoms with Crippen LogP contribution in [0.1, 0.15) is 23.5 Å². The summed E-state index contributed by atoms with van der Waals surface area (Å²) < 4.78 is 6.13. The van der Waals surface area contributed by atoms with Gasteiger partial charge in [-0.3, -0.25) is 24.0 Å². The molecule has 0 aliphatic heterocycles. The highest BCUT2D eigenvalue weighted by atomic mass is 16.5. The topological polar surface area (TPSA) is 107 Å². The summed E-state index contributed by atoms with van der Waals surface area (Å²) >= 11 is 0. The number of pyridine rings is 1. The molecule has 0 amide bonds. The second-order valence-corrected chi connectivity index (χ2v) is 6.22. The number of nitrogens with zero attached hydrogens (tertiary/aromatic N) is 4. The first kappa shape index (κ1) is 17.6. The van der Waals surface area contributed by atoms with E-state index in [2.05, 4.69) is 15.0 Å². The third-order valence-electron chi connectivity index (χ3n) is 4.59. The molecule has 4 rings (SSSR count). The van der Waals surface area contributed by atoms with Crippen LogP contribution in [-0.4, -0.2) is 37.5 Å². The van der Waals surface area contributed by atoms with Gasteiger partial charge in [0.15, 0.2) is 0 Å². The lowest BCUT2D eigenvalue weighted by Crippen LogP contribution is -2.24. The largest absolute Gasteiger partial charge is 0.493 e. The van der Waals surface area contributed by atoms with Crippen molar-refractivity contribution >= 4 is 22.6 Å². The highest BCUT2D eigenvalue weighted by Gasteiger charge is 2.27. The van der Waals surface area contributed by atoms with Crippen molar-refractivity contribution in [1.29, 1.82) is 0 Å². The summed E-state index contributed by atoms with van der Waals surface area (Å²) in [5.41, 5.74) is 1.82. The molecule has 0 unspecified atom stereocenters. The number of aromatic hydroxyl groups is 1. The Hall–Kier alpha value is -3.81. The molecule has 1 N–H and O–H groups in total. The fourth-order valence-corrected chi connectivity index (χ4v) is 3.23. The normalized spacial score (nSPS) is 12.2. The van der Waals surface area contributed by atoms with Crippen LogP contribution in [0.3, 0.4) is 0 Å². The Labute approximate surface area is 159 Å². The van der Waals surface area contributed by atoms with E-state index in [-0.39, 0.29) is 12.0 Å². The zero-order valence-electron chi connectivity index (χ0n) is 14.9. The van der Waals surface area contributed by atoms with E-state index in [1.807, 2.05) is 0 Å². The van der Waals surface area contributed by atoms with Crippen LogP contribution >= 0.6 is 0 Å². The van der Waals surface area contributed by atoms with Gasteiger partial charge >= 0.3 is 5.97 Å². The maximum atomic E-state index is 13.1. The minimum absolute atomic E-state index is 0.0253. The number of benzene rings is 1. The van der Waals surface area contributed by atoms with Crippen LogP contribution in [0.5, 0.6) is 5.88 Å². The van der Waals surface area contributed by atoms with Gasteiger partial charge in [0.1, 0.15) is 5.65 Å². The maximum absolute atomic E-state index is 13.1. The predicted molar refractivity (Wildman–Crippen MR) is 101 cm³/mol. The van der Waals surface area contributed by atoms with Gasteiger partial charge < -0.3 is 9.84 Å². The molecule has 0 saturated heterocycles. The van der Waals surface area contributed by atoms with Gasteiger partial charge in [-0.15, -0.1) is 0 Å². The summed E-state index contributed by atoms with van der Waals surface area (Å²) in [6.45, 7) is 0. The quantitative estimate of drug-likeness (QED) is 0.543. The molecule has 1 atom stereocenters. The summed E-state index contributed by atoms with van der Waals surface area (Å²) in [6, 6.07) is 10.3. The van der Waals surface area contributed by atoms with E-state index in [0.717, 1.165) is 0 Å². The smallest absolute Gasteiger partial charge is 0.306 e. The Morgan fingerprint density at radius 3 is 2.75 bits per heavy atom. The standard InChI is InChI=1S/C20H16N4O4/c1-28-17(25)11-13(12-5-6-14-15(10-12)22-8-7-21-14)18-19(26)23-16-4-2-3-9-24(16)20(18)27/h2-10,13,26H,11H2,1H3/t13-/m1/s1. The van der Waals surface area contributed by atoms with Gasteiger partial charge in [-0.05, 0) is 29.8 Å². The van der Waals surface area contributed by atoms with Crippen LogP contribution in [-0.2, 0) is 9.53 Å². The summed E-state index contributed by atoms with van der Waals surface area (Å²) in [7, 11) is 1.27. The van der Waals surface area contributed by atoms with Crippen molar-refractivity contribution in [2.45, 2.75) is 12.3 Å². The van der Waals surface area contributed by atoms with Crippen LogP contribution in [0, 0.1) is 0 Å². The van der Waals surface area contributed by atoms with Crippen LogP contribution in [0.4, 0.5) is 0 Å². The first-order valence-corrected chi connectivity index (χ1v) is 8.56. The zero-order valence-corrected chi connectivity index (χ0v) is 14.9. The third kappa shape index (κ3) is 3.05. The van der Waals surface area contributed by atoms with Crippen molar-refractivity contribution in [2.24, 2.45) is 0 Å². The summed E-state index contributed by atoms with van der Waals surface area (Å²) in [4.78, 5) is 37.8. The molecular formula is C20H16N4O4. The number of hydrogen-bond donors (Lipinski definition) is 1. The van der Waals surface area contributed by atoms with E-state index < -0.39 is 23.3 Å². The molecule has 0 fully saturated rings. The molecule has 0 spiro atoms. The van der Waals surface area contributed by atoms with E-state index in [9.17, 15) is 14.7 Å². The molecule has 3 aromatic heterocycles. The Balaban J connectivity index is 1.95. The number of carbonyl (C=O) groups is 1. The molecule has 0 aliphatic carbocycles. The van der Waals surface area contributed by atoms with Crippen molar-refractivity contribution in [3.63, 3.8) is 0 Å². The molecule has 0 aliphatic rings. The van der Waals surface area contributed by atoms with Crippen LogP contribution < -0.4 is 5.56 Å². The molecule has 8 nitrogen and oxygen atoms in total. The molecule has 1 aromatic carbocycles. The SMILES string of the molecule is COC(=O)C[C@H](c1ccc2nccnc2c1)c1c(O)nc2ccccn2c1=O. The van der Waals surface area contributed by atoms with Crippen molar-refractivity contribution < 1.29 is 14.6 Å². The molecule has 0 radical (unpaired) electrons. The van der Waals surface area contributed by atoms with Gasteiger partial charge in [0.25, 0.3) is 5.56 Å². The summed E-state index contributed by atoms with van der Waals surface area (Å²) in [6.07, 6.45) is 4.57. The lowest BCUT2D eigenvalue weighted by Gasteiger charge is -2.18. The van der Waals surface area contributed by atoms with Crippen LogP contribution in [0.2, 0.25) is 0 Å². The van der Waals surface area contributed by atoms with E-state index in [0.29, 0.717) is 22.2 Å². The molecule has 0 bridgehead atoms. The molecular weight excluding hydrogens is 360 g/mol. The van der Waals surface area contributed by atoms with Gasteiger partial charge in [-0.1, -0.05) is 12.1 Å². The predicted octanol–water partition coefficient (Wildman–Crippen LogP) is 2.04. The summed E-state index contributed by atoms with van der Waals surface area (Å²) in [5, 5.41) is 10.5. The third-order valence-corrected chi connectivity index (χ3v) is 4.59. The van der Waals surface area contributed by atoms with Crippen molar-refractivity contribution in [3.05, 3.63) is 76.5 Å². The first-order valence-electron chi connectivity index (χ1n) is 8.56. The average Bonchev–Trinajstić information content (AvgIpc) is 2.72. The Kier molecular flexibility index (Phi) is 4.44. The number of rotatable bonds is 4. The van der Waals surface area contributed by atoms with Gasteiger partial charge in [0.05, 0.1) is 30.1 Å². The van der Waals surface area contributed by atoms with Crippen LogP contribution in [0.15, 0.2) is 59.8 Å². The number of esters is 1. The molecule has 28 heavy (non-hydrogen) atoms. The van der Waals surface area contributed by atoms with E-state index >= 15 is 0 Å². The Morgan fingerprint density at radius 2 is 1.96 bits per heavy atom. The highest BCUT2D eigenvalue weighted by molar-refractivity contribution is 5.76. The number of methoxy groups -OCH3 is 1. The van der Waals surface area contributed by atoms with Gasteiger partial charge in [0.2, 0.25) is 5.88 Å². The zero-order chi connectivity index (χ0) is 19.7. The summed E-state index contributed by atoms with van der Waals surface area (Å²) in [5.74, 6) is -1.68. The van der Waals surface area contributed by atoms with Gasteiger partial charge in [-0.2, -0.15) is 4.98 Å². The number of ether oxygens (including phenoxy) is 1. The lowest BCUT2D eigenvalue weighted by atomic mass is 9.89. The number of hydrogen-bond acceptors (Lipinski definition) is 7. The highest BCUT2D eigenvalue weighted by Crippen LogP contribution is 2.32. The lowest BCUT2D eigenvalue weighted by molar-refractivity contribution is -0.140. The number of aromatic nitrogens is 4. The molecule has 4 aromatic rings. The molecule has 140 valence electrons. The van der Waals surface area contributed by atoms with E-state index in [4.69, 9.17) is 4.74 Å². The number of carbonyl (C=O) groups excluding carboxylic acids is 1. The Bertz CT molecular complexity index is 1250. The minimum atomic E-state index is -0.754. The fraction of sp³-hybridized carbons (Fsp3) is 0.150. The van der Waals surface area contributed by atoms with E-state index in [1.165, 1.54) is 11.5 Å². The second-order valence-electron chi connectivity index (χ2n) is 6.22. The molecule has 3 heterocycles. The number of fused-ring (bicyclic) bond motifs is 2. The first-order chi connectivity index (χ1) is 13.6. The minimum Gasteiger partial charge on any atom is -0.493 e.